The van der Waals surface area contributed by atoms with Gasteiger partial charge in [-0.2, -0.15) is 0 Å². The summed E-state index contributed by atoms with van der Waals surface area (Å²) >= 11 is 0. The van der Waals surface area contributed by atoms with Crippen LogP contribution in [-0.4, -0.2) is 18.0 Å². The number of carbonyl (C=O) groups excluding carboxylic acids is 1. The second-order valence-electron chi connectivity index (χ2n) is 5.43. The van der Waals surface area contributed by atoms with Gasteiger partial charge in [0.05, 0.1) is 0 Å². The molecule has 0 aliphatic heterocycles. The second kappa shape index (κ2) is 5.42. The van der Waals surface area contributed by atoms with Gasteiger partial charge in [-0.15, -0.1) is 0 Å². The Labute approximate surface area is 109 Å². The third kappa shape index (κ3) is 3.49. The molecule has 98 valence electrons. The molecule has 1 amide bonds. The summed E-state index contributed by atoms with van der Waals surface area (Å²) in [7, 11) is 0. The summed E-state index contributed by atoms with van der Waals surface area (Å²) < 4.78 is 0. The van der Waals surface area contributed by atoms with Crippen LogP contribution in [0.2, 0.25) is 0 Å². The van der Waals surface area contributed by atoms with E-state index >= 15 is 0 Å². The minimum atomic E-state index is -0.185. The Morgan fingerprint density at radius 3 is 2.28 bits per heavy atom. The standard InChI is InChI=1S/C15H22N2O/c1-10(2)12-4-6-13(7-5-12)16-11(3)15(18)17-14-8-9-14/h4-7,10-11,14,16H,8-9H2,1-3H3,(H,17,18). The van der Waals surface area contributed by atoms with E-state index in [9.17, 15) is 4.79 Å². The second-order valence-corrected chi connectivity index (χ2v) is 5.43. The van der Waals surface area contributed by atoms with Gasteiger partial charge < -0.3 is 10.6 Å². The van der Waals surface area contributed by atoms with Crippen LogP contribution in [0.1, 0.15) is 45.1 Å². The molecule has 0 saturated heterocycles. The van der Waals surface area contributed by atoms with E-state index in [0.717, 1.165) is 18.5 Å². The number of hydrogen-bond donors (Lipinski definition) is 2. The van der Waals surface area contributed by atoms with Crippen LogP contribution in [0.4, 0.5) is 5.69 Å². The van der Waals surface area contributed by atoms with Crippen molar-refractivity contribution in [3.63, 3.8) is 0 Å². The first-order valence-corrected chi connectivity index (χ1v) is 6.73. The van der Waals surface area contributed by atoms with Crippen molar-refractivity contribution in [2.24, 2.45) is 0 Å². The lowest BCUT2D eigenvalue weighted by Gasteiger charge is -2.15. The zero-order valence-electron chi connectivity index (χ0n) is 11.4. The van der Waals surface area contributed by atoms with E-state index in [4.69, 9.17) is 0 Å². The number of nitrogens with one attached hydrogen (secondary N) is 2. The molecule has 1 aromatic carbocycles. The number of benzene rings is 1. The first-order valence-electron chi connectivity index (χ1n) is 6.73. The molecule has 0 heterocycles. The summed E-state index contributed by atoms with van der Waals surface area (Å²) in [6.45, 7) is 6.25. The molecule has 0 spiro atoms. The Bertz CT molecular complexity index is 407. The number of amides is 1. The van der Waals surface area contributed by atoms with Crippen molar-refractivity contribution in [2.75, 3.05) is 5.32 Å². The molecule has 1 saturated carbocycles. The monoisotopic (exact) mass is 246 g/mol. The van der Waals surface area contributed by atoms with Crippen LogP contribution >= 0.6 is 0 Å². The number of carbonyl (C=O) groups is 1. The summed E-state index contributed by atoms with van der Waals surface area (Å²) in [5.74, 6) is 0.625. The summed E-state index contributed by atoms with van der Waals surface area (Å²) in [4.78, 5) is 11.8. The van der Waals surface area contributed by atoms with Crippen LogP contribution in [-0.2, 0) is 4.79 Å². The Hall–Kier alpha value is -1.51. The van der Waals surface area contributed by atoms with E-state index in [2.05, 4.69) is 36.6 Å². The van der Waals surface area contributed by atoms with Gasteiger partial charge in [-0.25, -0.2) is 0 Å². The molecule has 2 rings (SSSR count). The molecule has 0 bridgehead atoms. The van der Waals surface area contributed by atoms with E-state index in [1.807, 2.05) is 19.1 Å². The maximum Gasteiger partial charge on any atom is 0.242 e. The molecule has 3 nitrogen and oxygen atoms in total. The molecule has 1 fully saturated rings. The van der Waals surface area contributed by atoms with Crippen molar-refractivity contribution in [3.8, 4) is 0 Å². The van der Waals surface area contributed by atoms with E-state index < -0.39 is 0 Å². The lowest BCUT2D eigenvalue weighted by Crippen LogP contribution is -2.38. The largest absolute Gasteiger partial charge is 0.374 e. The third-order valence-electron chi connectivity index (χ3n) is 3.28. The number of rotatable bonds is 5. The normalized spacial score (nSPS) is 16.4. The summed E-state index contributed by atoms with van der Waals surface area (Å²) in [6, 6.07) is 8.53. The first kappa shape index (κ1) is 12.9. The zero-order chi connectivity index (χ0) is 13.1. The van der Waals surface area contributed by atoms with Crippen molar-refractivity contribution in [2.45, 2.75) is 51.6 Å². The van der Waals surface area contributed by atoms with Gasteiger partial charge in [-0.05, 0) is 43.4 Å². The number of hydrogen-bond acceptors (Lipinski definition) is 2. The molecule has 0 aromatic heterocycles. The number of anilines is 1. The van der Waals surface area contributed by atoms with Gasteiger partial charge in [0.2, 0.25) is 5.91 Å². The van der Waals surface area contributed by atoms with Gasteiger partial charge in [0, 0.05) is 11.7 Å². The van der Waals surface area contributed by atoms with Crippen LogP contribution < -0.4 is 10.6 Å². The predicted molar refractivity (Wildman–Crippen MR) is 74.8 cm³/mol. The fourth-order valence-electron chi connectivity index (χ4n) is 1.83. The van der Waals surface area contributed by atoms with Crippen molar-refractivity contribution >= 4 is 11.6 Å². The SMILES string of the molecule is CC(Nc1ccc(C(C)C)cc1)C(=O)NC1CC1. The van der Waals surface area contributed by atoms with Crippen LogP contribution in [0.25, 0.3) is 0 Å². The Morgan fingerprint density at radius 1 is 1.17 bits per heavy atom. The van der Waals surface area contributed by atoms with E-state index in [1.54, 1.807) is 0 Å². The van der Waals surface area contributed by atoms with Crippen molar-refractivity contribution in [1.82, 2.24) is 5.32 Å². The first-order chi connectivity index (χ1) is 8.56. The topological polar surface area (TPSA) is 41.1 Å². The summed E-state index contributed by atoms with van der Waals surface area (Å²) in [5.41, 5.74) is 2.31. The average Bonchev–Trinajstić information content (AvgIpc) is 3.13. The highest BCUT2D eigenvalue weighted by atomic mass is 16.2. The Morgan fingerprint density at radius 2 is 1.78 bits per heavy atom. The maximum absolute atomic E-state index is 11.8. The van der Waals surface area contributed by atoms with Gasteiger partial charge in [-0.1, -0.05) is 26.0 Å². The molecular formula is C15H22N2O. The van der Waals surface area contributed by atoms with Gasteiger partial charge >= 0.3 is 0 Å². The summed E-state index contributed by atoms with van der Waals surface area (Å²) in [6.07, 6.45) is 2.25. The predicted octanol–water partition coefficient (Wildman–Crippen LogP) is 2.89. The van der Waals surface area contributed by atoms with Crippen LogP contribution in [0.15, 0.2) is 24.3 Å². The lowest BCUT2D eigenvalue weighted by atomic mass is 10.0. The fourth-order valence-corrected chi connectivity index (χ4v) is 1.83. The molecule has 2 N–H and O–H groups in total. The molecular weight excluding hydrogens is 224 g/mol. The van der Waals surface area contributed by atoms with Gasteiger partial charge in [0.1, 0.15) is 6.04 Å². The molecule has 1 aliphatic rings. The molecule has 18 heavy (non-hydrogen) atoms. The highest BCUT2D eigenvalue weighted by Gasteiger charge is 2.25. The molecule has 3 heteroatoms. The fraction of sp³-hybridized carbons (Fsp3) is 0.533. The van der Waals surface area contributed by atoms with Crippen molar-refractivity contribution in [3.05, 3.63) is 29.8 Å². The van der Waals surface area contributed by atoms with E-state index in [-0.39, 0.29) is 11.9 Å². The molecule has 1 aliphatic carbocycles. The maximum atomic E-state index is 11.8. The van der Waals surface area contributed by atoms with Crippen molar-refractivity contribution < 1.29 is 4.79 Å². The minimum Gasteiger partial charge on any atom is -0.374 e. The van der Waals surface area contributed by atoms with E-state index in [0.29, 0.717) is 12.0 Å². The lowest BCUT2D eigenvalue weighted by molar-refractivity contribution is -0.121. The zero-order valence-corrected chi connectivity index (χ0v) is 11.4. The van der Waals surface area contributed by atoms with Gasteiger partial charge in [0.25, 0.3) is 0 Å². The smallest absolute Gasteiger partial charge is 0.242 e. The van der Waals surface area contributed by atoms with Gasteiger partial charge in [-0.3, -0.25) is 4.79 Å². The van der Waals surface area contributed by atoms with Crippen LogP contribution in [0, 0.1) is 0 Å². The Balaban J connectivity index is 1.89. The third-order valence-corrected chi connectivity index (χ3v) is 3.28. The highest BCUT2D eigenvalue weighted by molar-refractivity contribution is 5.84. The van der Waals surface area contributed by atoms with Crippen molar-refractivity contribution in [1.29, 1.82) is 0 Å². The Kier molecular flexibility index (Phi) is 3.90. The van der Waals surface area contributed by atoms with Gasteiger partial charge in [0.15, 0.2) is 0 Å². The molecule has 1 atom stereocenters. The quantitative estimate of drug-likeness (QED) is 0.838. The molecule has 1 unspecified atom stereocenters. The van der Waals surface area contributed by atoms with E-state index in [1.165, 1.54) is 5.56 Å². The minimum absolute atomic E-state index is 0.0884. The molecule has 1 aromatic rings. The highest BCUT2D eigenvalue weighted by Crippen LogP contribution is 2.20. The summed E-state index contributed by atoms with van der Waals surface area (Å²) in [5, 5.41) is 6.23. The van der Waals surface area contributed by atoms with Crippen LogP contribution in [0.5, 0.6) is 0 Å². The van der Waals surface area contributed by atoms with Crippen LogP contribution in [0.3, 0.4) is 0 Å². The average molecular weight is 246 g/mol. The molecule has 0 radical (unpaired) electrons.